The van der Waals surface area contributed by atoms with Crippen LogP contribution in [-0.4, -0.2) is 4.98 Å². The highest BCUT2D eigenvalue weighted by Gasteiger charge is 1.95. The molecule has 0 amide bonds. The summed E-state index contributed by atoms with van der Waals surface area (Å²) in [6, 6.07) is 35.8. The van der Waals surface area contributed by atoms with E-state index in [1.165, 1.54) is 32.8 Å². The molecule has 25 heavy (non-hydrogen) atoms. The highest BCUT2D eigenvalue weighted by Crippen LogP contribution is 2.22. The minimum absolute atomic E-state index is 1.17. The lowest BCUT2D eigenvalue weighted by Crippen LogP contribution is -1.74. The molecule has 1 heterocycles. The van der Waals surface area contributed by atoms with Gasteiger partial charge in [-0.1, -0.05) is 78.9 Å². The van der Waals surface area contributed by atoms with Gasteiger partial charge in [-0.2, -0.15) is 0 Å². The summed E-state index contributed by atoms with van der Waals surface area (Å²) in [5.41, 5.74) is 2.41. The first-order valence-corrected chi connectivity index (χ1v) is 8.46. The Morgan fingerprint density at radius 1 is 0.440 bits per heavy atom. The molecule has 1 heteroatoms. The van der Waals surface area contributed by atoms with Crippen LogP contribution in [0.15, 0.2) is 109 Å². The van der Waals surface area contributed by atoms with E-state index in [0.717, 1.165) is 0 Å². The second kappa shape index (κ2) is 7.06. The molecule has 1 nitrogen and oxygen atoms in total. The molecule has 5 rings (SSSR count). The molecule has 120 valence electrons. The molecule has 0 atom stereocenters. The third-order valence-electron chi connectivity index (χ3n) is 4.30. The maximum absolute atomic E-state index is 3.15. The molecular formula is C24H19N. The second-order valence-corrected chi connectivity index (χ2v) is 6.00. The quantitative estimate of drug-likeness (QED) is 0.332. The molecule has 0 bridgehead atoms. The minimum atomic E-state index is 1.17. The number of rotatable bonds is 1. The van der Waals surface area contributed by atoms with Gasteiger partial charge in [-0.25, -0.2) is 0 Å². The lowest BCUT2D eigenvalue weighted by molar-refractivity contribution is 1.40. The van der Waals surface area contributed by atoms with Gasteiger partial charge in [0.15, 0.2) is 0 Å². The van der Waals surface area contributed by atoms with Crippen molar-refractivity contribution in [1.82, 2.24) is 4.98 Å². The van der Waals surface area contributed by atoms with Crippen molar-refractivity contribution in [2.45, 2.75) is 0 Å². The third-order valence-corrected chi connectivity index (χ3v) is 4.30. The summed E-state index contributed by atoms with van der Waals surface area (Å²) in [4.78, 5) is 3.15. The first-order valence-electron chi connectivity index (χ1n) is 8.46. The Morgan fingerprint density at radius 3 is 1.36 bits per heavy atom. The first-order chi connectivity index (χ1) is 12.4. The number of benzene rings is 4. The number of fused-ring (bicyclic) bond motifs is 2. The van der Waals surface area contributed by atoms with Crippen LogP contribution in [0, 0.1) is 0 Å². The van der Waals surface area contributed by atoms with Crippen molar-refractivity contribution in [3.8, 4) is 11.3 Å². The average Bonchev–Trinajstić information content (AvgIpc) is 3.22. The Kier molecular flexibility index (Phi) is 4.30. The first kappa shape index (κ1) is 15.2. The molecule has 1 aromatic heterocycles. The van der Waals surface area contributed by atoms with Gasteiger partial charge in [0.1, 0.15) is 0 Å². The van der Waals surface area contributed by atoms with Crippen molar-refractivity contribution in [2.24, 2.45) is 0 Å². The molecule has 0 unspecified atom stereocenters. The van der Waals surface area contributed by atoms with Gasteiger partial charge < -0.3 is 4.98 Å². The number of nitrogens with one attached hydrogen (secondary N) is 1. The van der Waals surface area contributed by atoms with Crippen LogP contribution in [0.5, 0.6) is 0 Å². The monoisotopic (exact) mass is 321 g/mol. The largest absolute Gasteiger partial charge is 0.361 e. The highest BCUT2D eigenvalue weighted by atomic mass is 14.7. The van der Waals surface area contributed by atoms with Gasteiger partial charge in [-0.15, -0.1) is 0 Å². The van der Waals surface area contributed by atoms with Crippen molar-refractivity contribution in [3.63, 3.8) is 0 Å². The molecule has 0 fully saturated rings. The van der Waals surface area contributed by atoms with Crippen LogP contribution >= 0.6 is 0 Å². The number of aromatic nitrogens is 1. The third kappa shape index (κ3) is 3.46. The summed E-state index contributed by atoms with van der Waals surface area (Å²) < 4.78 is 0. The van der Waals surface area contributed by atoms with Gasteiger partial charge in [0, 0.05) is 11.9 Å². The highest BCUT2D eigenvalue weighted by molar-refractivity contribution is 5.98. The minimum Gasteiger partial charge on any atom is -0.361 e. The molecule has 0 spiro atoms. The van der Waals surface area contributed by atoms with Gasteiger partial charge in [0.2, 0.25) is 0 Å². The van der Waals surface area contributed by atoms with E-state index in [9.17, 15) is 0 Å². The van der Waals surface area contributed by atoms with Crippen molar-refractivity contribution >= 4 is 21.5 Å². The van der Waals surface area contributed by atoms with Gasteiger partial charge in [-0.05, 0) is 51.4 Å². The lowest BCUT2D eigenvalue weighted by Gasteiger charge is -2.00. The SMILES string of the molecule is c1ccc(-c2ccc[nH]2)cc1.c1ccc2cc3ccccc3cc2c1. The molecule has 5 aromatic rings. The van der Waals surface area contributed by atoms with Crippen LogP contribution in [0.3, 0.4) is 0 Å². The van der Waals surface area contributed by atoms with Crippen LogP contribution in [0.25, 0.3) is 32.8 Å². The predicted octanol–water partition coefficient (Wildman–Crippen LogP) is 6.67. The van der Waals surface area contributed by atoms with E-state index in [1.54, 1.807) is 0 Å². The Hall–Kier alpha value is -3.32. The van der Waals surface area contributed by atoms with Gasteiger partial charge in [0.25, 0.3) is 0 Å². The van der Waals surface area contributed by atoms with E-state index in [4.69, 9.17) is 0 Å². The molecule has 0 aliphatic heterocycles. The zero-order chi connectivity index (χ0) is 16.9. The molecule has 0 saturated carbocycles. The topological polar surface area (TPSA) is 15.8 Å². The standard InChI is InChI=1S/C14H10.C10H9N/c1-2-6-12-10-14-8-4-3-7-13(14)9-11(12)5-1;1-2-5-9(6-3-1)10-7-4-8-11-10/h1-10H;1-8,11H. The normalized spacial score (nSPS) is 10.4. The van der Waals surface area contributed by atoms with Crippen molar-refractivity contribution < 1.29 is 0 Å². The summed E-state index contributed by atoms with van der Waals surface area (Å²) in [7, 11) is 0. The summed E-state index contributed by atoms with van der Waals surface area (Å²) in [5, 5.41) is 5.25. The molecule has 0 radical (unpaired) electrons. The average molecular weight is 321 g/mol. The Balaban J connectivity index is 0.000000129. The Bertz CT molecular complexity index is 972. The Morgan fingerprint density at radius 2 is 0.920 bits per heavy atom. The van der Waals surface area contributed by atoms with E-state index < -0.39 is 0 Å². The van der Waals surface area contributed by atoms with E-state index in [1.807, 2.05) is 30.5 Å². The van der Waals surface area contributed by atoms with E-state index in [2.05, 4.69) is 83.8 Å². The Labute approximate surface area is 147 Å². The molecule has 0 aliphatic carbocycles. The number of hydrogen-bond acceptors (Lipinski definition) is 0. The van der Waals surface area contributed by atoms with Crippen LogP contribution in [0.1, 0.15) is 0 Å². The fraction of sp³-hybridized carbons (Fsp3) is 0. The van der Waals surface area contributed by atoms with Crippen molar-refractivity contribution in [1.29, 1.82) is 0 Å². The maximum atomic E-state index is 3.15. The molecular weight excluding hydrogens is 302 g/mol. The van der Waals surface area contributed by atoms with Gasteiger partial charge >= 0.3 is 0 Å². The summed E-state index contributed by atoms with van der Waals surface area (Å²) in [5.74, 6) is 0. The number of aromatic amines is 1. The zero-order valence-corrected chi connectivity index (χ0v) is 13.9. The van der Waals surface area contributed by atoms with Crippen LogP contribution < -0.4 is 0 Å². The lowest BCUT2D eigenvalue weighted by atomic mass is 10.0. The summed E-state index contributed by atoms with van der Waals surface area (Å²) >= 11 is 0. The summed E-state index contributed by atoms with van der Waals surface area (Å²) in [6.07, 6.45) is 1.93. The smallest absolute Gasteiger partial charge is 0.0453 e. The van der Waals surface area contributed by atoms with Crippen LogP contribution in [0.2, 0.25) is 0 Å². The van der Waals surface area contributed by atoms with E-state index in [-0.39, 0.29) is 0 Å². The van der Waals surface area contributed by atoms with Crippen molar-refractivity contribution in [3.05, 3.63) is 109 Å². The van der Waals surface area contributed by atoms with Gasteiger partial charge in [0.05, 0.1) is 0 Å². The van der Waals surface area contributed by atoms with Crippen molar-refractivity contribution in [2.75, 3.05) is 0 Å². The number of H-pyrrole nitrogens is 1. The zero-order valence-electron chi connectivity index (χ0n) is 13.9. The molecule has 0 aliphatic rings. The summed E-state index contributed by atoms with van der Waals surface area (Å²) in [6.45, 7) is 0. The predicted molar refractivity (Wildman–Crippen MR) is 108 cm³/mol. The second-order valence-electron chi connectivity index (χ2n) is 6.00. The van der Waals surface area contributed by atoms with Crippen LogP contribution in [-0.2, 0) is 0 Å². The molecule has 1 N–H and O–H groups in total. The van der Waals surface area contributed by atoms with Crippen LogP contribution in [0.4, 0.5) is 0 Å². The van der Waals surface area contributed by atoms with E-state index >= 15 is 0 Å². The van der Waals surface area contributed by atoms with Gasteiger partial charge in [-0.3, -0.25) is 0 Å². The fourth-order valence-electron chi connectivity index (χ4n) is 3.01. The maximum Gasteiger partial charge on any atom is 0.0453 e. The fourth-order valence-corrected chi connectivity index (χ4v) is 3.01. The van der Waals surface area contributed by atoms with E-state index in [0.29, 0.717) is 0 Å². The molecule has 4 aromatic carbocycles. The number of hydrogen-bond donors (Lipinski definition) is 1. The molecule has 0 saturated heterocycles.